The molecule has 1 fully saturated rings. The Hall–Kier alpha value is -2.76. The van der Waals surface area contributed by atoms with Crippen molar-refractivity contribution < 1.29 is 13.6 Å². The lowest BCUT2D eigenvalue weighted by Crippen LogP contribution is -2.13. The lowest BCUT2D eigenvalue weighted by atomic mass is 10.0. The van der Waals surface area contributed by atoms with Gasteiger partial charge in [-0.3, -0.25) is 9.89 Å². The van der Waals surface area contributed by atoms with Crippen molar-refractivity contribution in [1.82, 2.24) is 10.2 Å². The van der Waals surface area contributed by atoms with Gasteiger partial charge in [-0.25, -0.2) is 8.78 Å². The molecule has 0 spiro atoms. The first-order chi connectivity index (χ1) is 13.1. The van der Waals surface area contributed by atoms with Gasteiger partial charge in [-0.1, -0.05) is 31.7 Å². The van der Waals surface area contributed by atoms with Crippen LogP contribution < -0.4 is 5.32 Å². The quantitative estimate of drug-likeness (QED) is 0.631. The van der Waals surface area contributed by atoms with E-state index in [0.717, 1.165) is 23.9 Å². The summed E-state index contributed by atoms with van der Waals surface area (Å²) in [4.78, 5) is 12.2. The maximum absolute atomic E-state index is 14.0. The lowest BCUT2D eigenvalue weighted by Gasteiger charge is -2.08. The molecule has 2 N–H and O–H groups in total. The molecule has 2 aromatic carbocycles. The van der Waals surface area contributed by atoms with Gasteiger partial charge in [0.05, 0.1) is 5.52 Å². The maximum Gasteiger partial charge on any atom is 0.225 e. The highest BCUT2D eigenvalue weighted by atomic mass is 19.1. The Bertz CT molecular complexity index is 977. The van der Waals surface area contributed by atoms with Gasteiger partial charge in [0.2, 0.25) is 5.91 Å². The molecule has 0 saturated heterocycles. The highest BCUT2D eigenvalue weighted by Gasteiger charge is 2.17. The molecule has 0 unspecified atom stereocenters. The number of carbonyl (C=O) groups excluding carboxylic acids is 1. The SMILES string of the molecule is O=C(CCC1CCCC1)Nc1n[nH]c2cc(-c3cc(F)ccc3F)ccc12. The van der Waals surface area contributed by atoms with E-state index in [-0.39, 0.29) is 11.5 Å². The third kappa shape index (κ3) is 3.84. The summed E-state index contributed by atoms with van der Waals surface area (Å²) in [6, 6.07) is 8.52. The number of aromatic nitrogens is 2. The zero-order valence-electron chi connectivity index (χ0n) is 14.9. The molecule has 27 heavy (non-hydrogen) atoms. The number of carbonyl (C=O) groups is 1. The second-order valence-electron chi connectivity index (χ2n) is 7.19. The largest absolute Gasteiger partial charge is 0.309 e. The average molecular weight is 369 g/mol. The van der Waals surface area contributed by atoms with Crippen LogP contribution in [0.3, 0.4) is 0 Å². The zero-order chi connectivity index (χ0) is 18.8. The van der Waals surface area contributed by atoms with Crippen LogP contribution >= 0.6 is 0 Å². The predicted octanol–water partition coefficient (Wildman–Crippen LogP) is 5.42. The molecule has 3 aromatic rings. The average Bonchev–Trinajstić information content (AvgIpc) is 3.32. The van der Waals surface area contributed by atoms with Gasteiger partial charge in [0.25, 0.3) is 0 Å². The Kier molecular flexibility index (Phi) is 4.88. The number of benzene rings is 2. The Morgan fingerprint density at radius 1 is 1.15 bits per heavy atom. The van der Waals surface area contributed by atoms with Crippen molar-refractivity contribution in [2.45, 2.75) is 38.5 Å². The summed E-state index contributed by atoms with van der Waals surface area (Å²) in [6.07, 6.45) is 6.38. The van der Waals surface area contributed by atoms with Crippen molar-refractivity contribution in [2.75, 3.05) is 5.32 Å². The molecule has 1 saturated carbocycles. The lowest BCUT2D eigenvalue weighted by molar-refractivity contribution is -0.116. The fraction of sp³-hybridized carbons (Fsp3) is 0.333. The molecule has 1 aliphatic rings. The summed E-state index contributed by atoms with van der Waals surface area (Å²) in [5.74, 6) is 0.0978. The summed E-state index contributed by atoms with van der Waals surface area (Å²) in [5, 5.41) is 10.6. The minimum absolute atomic E-state index is 0.0458. The first-order valence-corrected chi connectivity index (χ1v) is 9.33. The minimum atomic E-state index is -0.494. The van der Waals surface area contributed by atoms with Crippen LogP contribution in [-0.4, -0.2) is 16.1 Å². The van der Waals surface area contributed by atoms with E-state index in [9.17, 15) is 13.6 Å². The molecule has 0 bridgehead atoms. The van der Waals surface area contributed by atoms with Crippen LogP contribution in [0, 0.1) is 17.6 Å². The van der Waals surface area contributed by atoms with Crippen molar-refractivity contribution in [3.63, 3.8) is 0 Å². The molecule has 4 rings (SSSR count). The Labute approximate surface area is 156 Å². The molecule has 0 radical (unpaired) electrons. The molecule has 4 nitrogen and oxygen atoms in total. The van der Waals surface area contributed by atoms with Gasteiger partial charge >= 0.3 is 0 Å². The number of halogens is 2. The van der Waals surface area contributed by atoms with E-state index in [2.05, 4.69) is 15.5 Å². The van der Waals surface area contributed by atoms with Crippen LogP contribution in [0.1, 0.15) is 38.5 Å². The molecule has 1 amide bonds. The Morgan fingerprint density at radius 3 is 2.78 bits per heavy atom. The molecule has 0 atom stereocenters. The number of fused-ring (bicyclic) bond motifs is 1. The van der Waals surface area contributed by atoms with Gasteiger partial charge in [-0.05, 0) is 48.2 Å². The highest BCUT2D eigenvalue weighted by molar-refractivity contribution is 6.00. The summed E-state index contributed by atoms with van der Waals surface area (Å²) in [7, 11) is 0. The van der Waals surface area contributed by atoms with E-state index >= 15 is 0 Å². The van der Waals surface area contributed by atoms with Gasteiger partial charge in [-0.15, -0.1) is 0 Å². The summed E-state index contributed by atoms with van der Waals surface area (Å²) < 4.78 is 27.4. The molecular weight excluding hydrogens is 348 g/mol. The summed E-state index contributed by atoms with van der Waals surface area (Å²) >= 11 is 0. The highest BCUT2D eigenvalue weighted by Crippen LogP contribution is 2.30. The van der Waals surface area contributed by atoms with Crippen molar-refractivity contribution in [3.8, 4) is 11.1 Å². The molecule has 6 heteroatoms. The van der Waals surface area contributed by atoms with Crippen molar-refractivity contribution in [3.05, 3.63) is 48.0 Å². The number of nitrogens with zero attached hydrogens (tertiary/aromatic N) is 1. The molecule has 1 aliphatic carbocycles. The van der Waals surface area contributed by atoms with Crippen molar-refractivity contribution in [1.29, 1.82) is 0 Å². The van der Waals surface area contributed by atoms with Crippen molar-refractivity contribution >= 4 is 22.6 Å². The van der Waals surface area contributed by atoms with Crippen molar-refractivity contribution in [2.24, 2.45) is 5.92 Å². The van der Waals surface area contributed by atoms with Gasteiger partial charge in [0, 0.05) is 17.4 Å². The van der Waals surface area contributed by atoms with Gasteiger partial charge in [0.15, 0.2) is 5.82 Å². The second kappa shape index (κ2) is 7.47. The summed E-state index contributed by atoms with van der Waals surface area (Å²) in [6.45, 7) is 0. The van der Waals surface area contributed by atoms with E-state index in [0.29, 0.717) is 29.2 Å². The van der Waals surface area contributed by atoms with Gasteiger partial charge < -0.3 is 5.32 Å². The fourth-order valence-electron chi connectivity index (χ4n) is 3.83. The number of anilines is 1. The van der Waals surface area contributed by atoms with Gasteiger partial charge in [-0.2, -0.15) is 5.10 Å². The predicted molar refractivity (Wildman–Crippen MR) is 101 cm³/mol. The maximum atomic E-state index is 14.0. The van der Waals surface area contributed by atoms with Crippen LogP contribution in [0.2, 0.25) is 0 Å². The van der Waals surface area contributed by atoms with E-state index < -0.39 is 11.6 Å². The second-order valence-corrected chi connectivity index (χ2v) is 7.19. The number of amides is 1. The smallest absolute Gasteiger partial charge is 0.225 e. The topological polar surface area (TPSA) is 57.8 Å². The monoisotopic (exact) mass is 369 g/mol. The first-order valence-electron chi connectivity index (χ1n) is 9.33. The molecular formula is C21H21F2N3O. The van der Waals surface area contributed by atoms with E-state index in [1.165, 1.54) is 31.7 Å². The van der Waals surface area contributed by atoms with Crippen LogP contribution in [0.15, 0.2) is 36.4 Å². The number of hydrogen-bond donors (Lipinski definition) is 2. The minimum Gasteiger partial charge on any atom is -0.309 e. The van der Waals surface area contributed by atoms with Crippen LogP contribution in [0.5, 0.6) is 0 Å². The third-order valence-corrected chi connectivity index (χ3v) is 5.31. The van der Waals surface area contributed by atoms with E-state index in [1.54, 1.807) is 18.2 Å². The fourth-order valence-corrected chi connectivity index (χ4v) is 3.83. The normalized spacial score (nSPS) is 14.7. The molecule has 1 heterocycles. The van der Waals surface area contributed by atoms with Crippen LogP contribution in [-0.2, 0) is 4.79 Å². The van der Waals surface area contributed by atoms with Gasteiger partial charge in [0.1, 0.15) is 11.6 Å². The zero-order valence-corrected chi connectivity index (χ0v) is 14.9. The summed E-state index contributed by atoms with van der Waals surface area (Å²) in [5.41, 5.74) is 1.39. The third-order valence-electron chi connectivity index (χ3n) is 5.31. The number of rotatable bonds is 5. The Balaban J connectivity index is 1.50. The first kappa shape index (κ1) is 17.6. The standard InChI is InChI=1S/C21H21F2N3O/c22-15-7-9-18(23)17(12-15)14-6-8-16-19(11-14)25-26-21(16)24-20(27)10-5-13-3-1-2-4-13/h6-9,11-13H,1-5,10H2,(H2,24,25,26,27). The Morgan fingerprint density at radius 2 is 1.96 bits per heavy atom. The van der Waals surface area contributed by atoms with Crippen LogP contribution in [0.25, 0.3) is 22.0 Å². The number of H-pyrrole nitrogens is 1. The number of nitrogens with one attached hydrogen (secondary N) is 2. The number of hydrogen-bond acceptors (Lipinski definition) is 2. The van der Waals surface area contributed by atoms with E-state index in [1.807, 2.05) is 0 Å². The molecule has 0 aliphatic heterocycles. The molecule has 1 aromatic heterocycles. The number of aromatic amines is 1. The van der Waals surface area contributed by atoms with Crippen LogP contribution in [0.4, 0.5) is 14.6 Å². The molecule has 140 valence electrons. The van der Waals surface area contributed by atoms with E-state index in [4.69, 9.17) is 0 Å².